The lowest BCUT2D eigenvalue weighted by molar-refractivity contribution is -0.384. The molecule has 0 aliphatic rings. The normalized spacial score (nSPS) is 10.6. The van der Waals surface area contributed by atoms with E-state index in [0.717, 1.165) is 5.56 Å². The highest BCUT2D eigenvalue weighted by atomic mass is 16.6. The first-order chi connectivity index (χ1) is 12.0. The van der Waals surface area contributed by atoms with Crippen molar-refractivity contribution in [2.24, 2.45) is 7.05 Å². The second-order valence-corrected chi connectivity index (χ2v) is 5.52. The molecule has 0 saturated carbocycles. The first-order valence-corrected chi connectivity index (χ1v) is 7.51. The number of nitro groups is 1. The Hall–Kier alpha value is -3.49. The highest BCUT2D eigenvalue weighted by molar-refractivity contribution is 5.67. The lowest BCUT2D eigenvalue weighted by Crippen LogP contribution is -2.21. The van der Waals surface area contributed by atoms with Crippen LogP contribution in [0, 0.1) is 17.0 Å². The molecule has 9 nitrogen and oxygen atoms in total. The molecule has 128 valence electrons. The van der Waals surface area contributed by atoms with Crippen LogP contribution >= 0.6 is 0 Å². The molecule has 3 rings (SSSR count). The first kappa shape index (κ1) is 16.4. The van der Waals surface area contributed by atoms with E-state index in [1.165, 1.54) is 15.4 Å². The van der Waals surface area contributed by atoms with E-state index in [4.69, 9.17) is 0 Å². The summed E-state index contributed by atoms with van der Waals surface area (Å²) in [6.45, 7) is 1.95. The fraction of sp³-hybridized carbons (Fsp3) is 0.188. The maximum Gasteiger partial charge on any atom is 0.347 e. The largest absolute Gasteiger partial charge is 0.347 e. The second kappa shape index (κ2) is 6.56. The van der Waals surface area contributed by atoms with Crippen molar-refractivity contribution >= 4 is 17.2 Å². The number of nitrogens with zero attached hydrogens (tertiary/aromatic N) is 5. The van der Waals surface area contributed by atoms with Crippen molar-refractivity contribution in [3.05, 3.63) is 74.6 Å². The number of hydrogen-bond acceptors (Lipinski definition) is 6. The summed E-state index contributed by atoms with van der Waals surface area (Å²) in [5, 5.41) is 18.4. The van der Waals surface area contributed by atoms with Gasteiger partial charge in [-0.2, -0.15) is 5.10 Å². The van der Waals surface area contributed by atoms with Crippen LogP contribution in [0.15, 0.2) is 47.5 Å². The SMILES string of the molecule is Cc1nn(C)c(Nc2cccc(Cn3cccnc3=O)c2)c1[N+](=O)[O-]. The first-order valence-electron chi connectivity index (χ1n) is 7.51. The average Bonchev–Trinajstić information content (AvgIpc) is 2.84. The van der Waals surface area contributed by atoms with Gasteiger partial charge in [0.25, 0.3) is 0 Å². The molecule has 2 aromatic heterocycles. The van der Waals surface area contributed by atoms with Crippen LogP contribution in [0.3, 0.4) is 0 Å². The summed E-state index contributed by atoms with van der Waals surface area (Å²) in [6.07, 6.45) is 3.10. The molecule has 0 fully saturated rings. The fourth-order valence-corrected chi connectivity index (χ4v) is 2.59. The minimum absolute atomic E-state index is 0.0589. The Morgan fingerprint density at radius 2 is 2.12 bits per heavy atom. The van der Waals surface area contributed by atoms with Crippen molar-refractivity contribution in [3.8, 4) is 0 Å². The van der Waals surface area contributed by atoms with Crippen molar-refractivity contribution in [2.45, 2.75) is 13.5 Å². The molecule has 1 N–H and O–H groups in total. The van der Waals surface area contributed by atoms with E-state index in [1.54, 1.807) is 32.3 Å². The Kier molecular flexibility index (Phi) is 4.29. The predicted molar refractivity (Wildman–Crippen MR) is 91.9 cm³/mol. The Morgan fingerprint density at radius 1 is 1.32 bits per heavy atom. The second-order valence-electron chi connectivity index (χ2n) is 5.52. The van der Waals surface area contributed by atoms with Gasteiger partial charge in [-0.1, -0.05) is 12.1 Å². The van der Waals surface area contributed by atoms with Crippen LogP contribution < -0.4 is 11.0 Å². The van der Waals surface area contributed by atoms with Gasteiger partial charge in [-0.3, -0.25) is 14.7 Å². The van der Waals surface area contributed by atoms with E-state index in [9.17, 15) is 14.9 Å². The van der Waals surface area contributed by atoms with Crippen LogP contribution in [0.2, 0.25) is 0 Å². The van der Waals surface area contributed by atoms with E-state index < -0.39 is 4.92 Å². The summed E-state index contributed by atoms with van der Waals surface area (Å²) in [4.78, 5) is 26.2. The van der Waals surface area contributed by atoms with Gasteiger partial charge in [-0.25, -0.2) is 14.5 Å². The zero-order chi connectivity index (χ0) is 18.0. The quantitative estimate of drug-likeness (QED) is 0.562. The van der Waals surface area contributed by atoms with E-state index in [0.29, 0.717) is 23.7 Å². The summed E-state index contributed by atoms with van der Waals surface area (Å²) in [7, 11) is 1.64. The van der Waals surface area contributed by atoms with E-state index in [-0.39, 0.29) is 11.4 Å². The van der Waals surface area contributed by atoms with Gasteiger partial charge < -0.3 is 5.32 Å². The molecule has 0 unspecified atom stereocenters. The van der Waals surface area contributed by atoms with Crippen LogP contribution in [0.4, 0.5) is 17.2 Å². The third-order valence-corrected chi connectivity index (χ3v) is 3.70. The topological polar surface area (TPSA) is 108 Å². The van der Waals surface area contributed by atoms with Crippen molar-refractivity contribution in [2.75, 3.05) is 5.32 Å². The fourth-order valence-electron chi connectivity index (χ4n) is 2.59. The van der Waals surface area contributed by atoms with Crippen LogP contribution in [-0.2, 0) is 13.6 Å². The molecule has 25 heavy (non-hydrogen) atoms. The van der Waals surface area contributed by atoms with Crippen LogP contribution in [-0.4, -0.2) is 24.3 Å². The molecular weight excluding hydrogens is 324 g/mol. The summed E-state index contributed by atoms with van der Waals surface area (Å²) in [5.74, 6) is 0.304. The third-order valence-electron chi connectivity index (χ3n) is 3.70. The van der Waals surface area contributed by atoms with Crippen LogP contribution in [0.25, 0.3) is 0 Å². The molecule has 0 atom stereocenters. The molecule has 0 aliphatic heterocycles. The highest BCUT2D eigenvalue weighted by Crippen LogP contribution is 2.30. The van der Waals surface area contributed by atoms with Crippen LogP contribution in [0.1, 0.15) is 11.3 Å². The lowest BCUT2D eigenvalue weighted by Gasteiger charge is -2.09. The standard InChI is InChI=1S/C16H16N6O3/c1-11-14(22(24)25)15(20(2)19-11)18-13-6-3-5-12(9-13)10-21-8-4-7-17-16(21)23/h3-9,18H,10H2,1-2H3. The van der Waals surface area contributed by atoms with Crippen molar-refractivity contribution < 1.29 is 4.92 Å². The average molecular weight is 340 g/mol. The summed E-state index contributed by atoms with van der Waals surface area (Å²) in [5.41, 5.74) is 1.48. The lowest BCUT2D eigenvalue weighted by atomic mass is 10.2. The van der Waals surface area contributed by atoms with Gasteiger partial charge in [0.05, 0.1) is 11.5 Å². The van der Waals surface area contributed by atoms with E-state index >= 15 is 0 Å². The highest BCUT2D eigenvalue weighted by Gasteiger charge is 2.24. The molecule has 0 radical (unpaired) electrons. The number of aromatic nitrogens is 4. The molecule has 0 amide bonds. The molecule has 1 aromatic carbocycles. The van der Waals surface area contributed by atoms with Crippen molar-refractivity contribution in [1.29, 1.82) is 0 Å². The van der Waals surface area contributed by atoms with E-state index in [2.05, 4.69) is 15.4 Å². The molecule has 2 heterocycles. The minimum atomic E-state index is -0.455. The number of anilines is 2. The van der Waals surface area contributed by atoms with Gasteiger partial charge in [0, 0.05) is 25.1 Å². The Labute approximate surface area is 142 Å². The van der Waals surface area contributed by atoms with Gasteiger partial charge in [0.15, 0.2) is 0 Å². The Balaban J connectivity index is 1.90. The molecule has 0 saturated heterocycles. The molecular formula is C16H16N6O3. The van der Waals surface area contributed by atoms with Gasteiger partial charge in [-0.05, 0) is 30.7 Å². The van der Waals surface area contributed by atoms with Crippen LogP contribution in [0.5, 0.6) is 0 Å². The maximum absolute atomic E-state index is 11.7. The monoisotopic (exact) mass is 340 g/mol. The smallest absolute Gasteiger partial charge is 0.335 e. The molecule has 0 aliphatic carbocycles. The number of nitrogens with one attached hydrogen (secondary N) is 1. The van der Waals surface area contributed by atoms with Crippen molar-refractivity contribution in [3.63, 3.8) is 0 Å². The van der Waals surface area contributed by atoms with Gasteiger partial charge in [-0.15, -0.1) is 0 Å². The molecule has 0 bridgehead atoms. The number of benzene rings is 1. The minimum Gasteiger partial charge on any atom is -0.335 e. The zero-order valence-electron chi connectivity index (χ0n) is 13.7. The zero-order valence-corrected chi connectivity index (χ0v) is 13.7. The molecule has 0 spiro atoms. The van der Waals surface area contributed by atoms with E-state index in [1.807, 2.05) is 18.2 Å². The number of rotatable bonds is 5. The predicted octanol–water partition coefficient (Wildman–Crippen LogP) is 1.99. The van der Waals surface area contributed by atoms with Gasteiger partial charge in [0.1, 0.15) is 5.69 Å². The summed E-state index contributed by atoms with van der Waals surface area (Å²) in [6, 6.07) is 8.99. The Morgan fingerprint density at radius 3 is 2.84 bits per heavy atom. The third kappa shape index (κ3) is 3.39. The number of hydrogen-bond donors (Lipinski definition) is 1. The Bertz CT molecular complexity index is 992. The maximum atomic E-state index is 11.7. The summed E-state index contributed by atoms with van der Waals surface area (Å²) < 4.78 is 2.92. The van der Waals surface area contributed by atoms with Gasteiger partial charge in [0.2, 0.25) is 5.82 Å². The molecule has 3 aromatic rings. The van der Waals surface area contributed by atoms with Gasteiger partial charge >= 0.3 is 11.4 Å². The molecule has 9 heteroatoms. The summed E-state index contributed by atoms with van der Waals surface area (Å²) >= 11 is 0. The number of aryl methyl sites for hydroxylation is 2. The van der Waals surface area contributed by atoms with Crippen molar-refractivity contribution in [1.82, 2.24) is 19.3 Å².